The number of halogens is 2. The number of benzene rings is 2. The normalized spacial score (nSPS) is 11.8. The number of rotatable bonds is 1. The summed E-state index contributed by atoms with van der Waals surface area (Å²) in [6.45, 7) is 0. The van der Waals surface area contributed by atoms with Crippen LogP contribution >= 0.6 is 34.5 Å². The van der Waals surface area contributed by atoms with Gasteiger partial charge in [0.25, 0.3) is 0 Å². The van der Waals surface area contributed by atoms with Crippen molar-refractivity contribution in [1.82, 2.24) is 24.8 Å². The Morgan fingerprint density at radius 3 is 2.75 bits per heavy atom. The van der Waals surface area contributed by atoms with Crippen molar-refractivity contribution in [2.45, 2.75) is 0 Å². The predicted molar refractivity (Wildman–Crippen MR) is 96.0 cm³/mol. The summed E-state index contributed by atoms with van der Waals surface area (Å²) in [6, 6.07) is 13.2. The van der Waals surface area contributed by atoms with Crippen LogP contribution in [0.3, 0.4) is 0 Å². The highest BCUT2D eigenvalue weighted by Gasteiger charge is 2.20. The number of hydrogen-bond acceptors (Lipinski definition) is 5. The summed E-state index contributed by atoms with van der Waals surface area (Å²) in [5.41, 5.74) is 2.48. The standard InChI is InChI=1S/C16H7Cl2N5S/c17-8-5-6-9(11(18)7-8)14-20-21-16-23(14)22-13-10-3-1-2-4-12(10)19-15(13)24-16/h1-7H. The molecule has 2 aliphatic rings. The molecule has 0 radical (unpaired) electrons. The fraction of sp³-hybridized carbons (Fsp3) is 0. The van der Waals surface area contributed by atoms with Crippen molar-refractivity contribution < 1.29 is 0 Å². The average Bonchev–Trinajstić information content (AvgIpc) is 3.13. The maximum Gasteiger partial charge on any atom is 0.235 e. The molecule has 3 aromatic rings. The molecule has 1 aromatic heterocycles. The number of nitrogens with zero attached hydrogens (tertiary/aromatic N) is 5. The van der Waals surface area contributed by atoms with Gasteiger partial charge in [-0.1, -0.05) is 52.7 Å². The summed E-state index contributed by atoms with van der Waals surface area (Å²) in [6.07, 6.45) is 0. The van der Waals surface area contributed by atoms with E-state index in [1.807, 2.05) is 30.3 Å². The number of fused-ring (bicyclic) bond motifs is 4. The smallest absolute Gasteiger partial charge is 0.235 e. The van der Waals surface area contributed by atoms with Gasteiger partial charge in [0.1, 0.15) is 10.7 Å². The molecule has 2 aliphatic heterocycles. The van der Waals surface area contributed by atoms with Crippen LogP contribution in [-0.2, 0) is 0 Å². The summed E-state index contributed by atoms with van der Waals surface area (Å²) in [4.78, 5) is 5.27. The zero-order valence-corrected chi connectivity index (χ0v) is 14.3. The fourth-order valence-corrected chi connectivity index (χ4v) is 4.01. The van der Waals surface area contributed by atoms with Crippen molar-refractivity contribution in [3.05, 3.63) is 52.5 Å². The molecule has 0 spiro atoms. The van der Waals surface area contributed by atoms with Gasteiger partial charge in [-0.2, -0.15) is 9.61 Å². The van der Waals surface area contributed by atoms with E-state index in [-0.39, 0.29) is 0 Å². The van der Waals surface area contributed by atoms with Crippen molar-refractivity contribution in [3.8, 4) is 22.1 Å². The van der Waals surface area contributed by atoms with Gasteiger partial charge in [0.05, 0.1) is 10.5 Å². The van der Waals surface area contributed by atoms with Crippen LogP contribution in [0, 0.1) is 0 Å². The van der Waals surface area contributed by atoms with Crippen molar-refractivity contribution in [1.29, 1.82) is 0 Å². The Labute approximate surface area is 149 Å². The monoisotopic (exact) mass is 371 g/mol. The summed E-state index contributed by atoms with van der Waals surface area (Å²) in [7, 11) is 0. The van der Waals surface area contributed by atoms with Crippen LogP contribution in [0.25, 0.3) is 38.0 Å². The molecule has 24 heavy (non-hydrogen) atoms. The lowest BCUT2D eigenvalue weighted by atomic mass is 10.2. The highest BCUT2D eigenvalue weighted by Crippen LogP contribution is 2.35. The Hall–Kier alpha value is -2.28. The third kappa shape index (κ3) is 2.00. The Kier molecular flexibility index (Phi) is 3.00. The van der Waals surface area contributed by atoms with Gasteiger partial charge in [0.15, 0.2) is 5.82 Å². The number of para-hydroxylation sites is 1. The zero-order valence-electron chi connectivity index (χ0n) is 11.9. The summed E-state index contributed by atoms with van der Waals surface area (Å²) in [5, 5.41) is 16.1. The van der Waals surface area contributed by atoms with E-state index in [0.29, 0.717) is 20.8 Å². The summed E-state index contributed by atoms with van der Waals surface area (Å²) in [5.74, 6) is 0.579. The van der Waals surface area contributed by atoms with Crippen molar-refractivity contribution >= 4 is 50.4 Å². The SMILES string of the molecule is Clc1ccc(-c2nnc3sc4nc5ccccc5c-4nn23)c(Cl)c1. The van der Waals surface area contributed by atoms with Crippen LogP contribution in [0.1, 0.15) is 0 Å². The van der Waals surface area contributed by atoms with Crippen LogP contribution in [0.2, 0.25) is 10.0 Å². The van der Waals surface area contributed by atoms with Gasteiger partial charge in [0, 0.05) is 16.0 Å². The molecule has 0 saturated heterocycles. The van der Waals surface area contributed by atoms with E-state index in [1.54, 1.807) is 16.6 Å². The molecule has 0 bridgehead atoms. The van der Waals surface area contributed by atoms with E-state index >= 15 is 0 Å². The number of aromatic nitrogens is 5. The Morgan fingerprint density at radius 2 is 1.88 bits per heavy atom. The maximum atomic E-state index is 6.31. The highest BCUT2D eigenvalue weighted by molar-refractivity contribution is 7.19. The fourth-order valence-electron chi connectivity index (χ4n) is 2.66. The second-order valence-corrected chi connectivity index (χ2v) is 7.03. The quantitative estimate of drug-likeness (QED) is 0.424. The Bertz CT molecular complexity index is 1200. The van der Waals surface area contributed by atoms with E-state index in [9.17, 15) is 0 Å². The molecule has 8 heteroatoms. The van der Waals surface area contributed by atoms with Crippen LogP contribution in [0.5, 0.6) is 0 Å². The first-order valence-corrected chi connectivity index (χ1v) is 8.64. The van der Waals surface area contributed by atoms with Gasteiger partial charge >= 0.3 is 0 Å². The molecule has 2 aromatic carbocycles. The molecular weight excluding hydrogens is 365 g/mol. The first kappa shape index (κ1) is 14.1. The lowest BCUT2D eigenvalue weighted by Gasteiger charge is -2.03. The third-order valence-corrected chi connectivity index (χ3v) is 5.22. The van der Waals surface area contributed by atoms with Crippen molar-refractivity contribution in [2.24, 2.45) is 0 Å². The molecule has 0 atom stereocenters. The minimum absolute atomic E-state index is 0.509. The highest BCUT2D eigenvalue weighted by atomic mass is 35.5. The molecule has 0 fully saturated rings. The van der Waals surface area contributed by atoms with E-state index in [4.69, 9.17) is 28.3 Å². The van der Waals surface area contributed by atoms with E-state index in [1.165, 1.54) is 11.3 Å². The van der Waals surface area contributed by atoms with Crippen LogP contribution in [-0.4, -0.2) is 24.8 Å². The average molecular weight is 372 g/mol. The van der Waals surface area contributed by atoms with Crippen molar-refractivity contribution in [2.75, 3.05) is 0 Å². The molecule has 0 amide bonds. The van der Waals surface area contributed by atoms with E-state index in [2.05, 4.69) is 15.2 Å². The lowest BCUT2D eigenvalue weighted by molar-refractivity contribution is 0.956. The summed E-state index contributed by atoms with van der Waals surface area (Å²) >= 11 is 13.7. The molecule has 0 aliphatic carbocycles. The van der Waals surface area contributed by atoms with Gasteiger partial charge in [-0.15, -0.1) is 10.2 Å². The molecule has 0 N–H and O–H groups in total. The lowest BCUT2D eigenvalue weighted by Crippen LogP contribution is -1.96. The Morgan fingerprint density at radius 1 is 1.00 bits per heavy atom. The third-order valence-electron chi connectivity index (χ3n) is 3.76. The summed E-state index contributed by atoms with van der Waals surface area (Å²) < 4.78 is 1.70. The Balaban J connectivity index is 1.84. The van der Waals surface area contributed by atoms with Crippen molar-refractivity contribution in [3.63, 3.8) is 0 Å². The molecule has 0 unspecified atom stereocenters. The van der Waals surface area contributed by atoms with Crippen LogP contribution in [0.4, 0.5) is 0 Å². The molecule has 5 nitrogen and oxygen atoms in total. The van der Waals surface area contributed by atoms with Gasteiger partial charge in [-0.25, -0.2) is 4.98 Å². The number of hydrogen-bond donors (Lipinski definition) is 0. The zero-order chi connectivity index (χ0) is 16.3. The largest absolute Gasteiger partial charge is 0.235 e. The van der Waals surface area contributed by atoms with Gasteiger partial charge in [-0.3, -0.25) is 0 Å². The molecule has 3 heterocycles. The molecule has 5 rings (SSSR count). The topological polar surface area (TPSA) is 56.0 Å². The minimum atomic E-state index is 0.509. The van der Waals surface area contributed by atoms with Gasteiger partial charge in [0.2, 0.25) is 4.96 Å². The van der Waals surface area contributed by atoms with Gasteiger partial charge in [-0.05, 0) is 24.3 Å². The first-order valence-electron chi connectivity index (χ1n) is 7.07. The minimum Gasteiger partial charge on any atom is -0.235 e. The maximum absolute atomic E-state index is 6.31. The van der Waals surface area contributed by atoms with E-state index < -0.39 is 0 Å². The molecule has 0 saturated carbocycles. The van der Waals surface area contributed by atoms with Crippen LogP contribution < -0.4 is 0 Å². The van der Waals surface area contributed by atoms with Crippen LogP contribution in [0.15, 0.2) is 42.5 Å². The first-order chi connectivity index (χ1) is 11.7. The molecular formula is C16H7Cl2N5S. The molecule has 116 valence electrons. The van der Waals surface area contributed by atoms with E-state index in [0.717, 1.165) is 27.2 Å². The van der Waals surface area contributed by atoms with Gasteiger partial charge < -0.3 is 0 Å². The predicted octanol–water partition coefficient (Wildman–Crippen LogP) is 4.81. The second kappa shape index (κ2) is 5.11. The second-order valence-electron chi connectivity index (χ2n) is 5.23.